The smallest absolute Gasteiger partial charge is 0.337 e. The van der Waals surface area contributed by atoms with Crippen molar-refractivity contribution >= 4 is 22.1 Å². The Hall–Kier alpha value is -3.79. The number of pyridine rings is 1. The van der Waals surface area contributed by atoms with Gasteiger partial charge in [0.05, 0.1) is 16.1 Å². The van der Waals surface area contributed by atoms with E-state index in [0.29, 0.717) is 23.3 Å². The van der Waals surface area contributed by atoms with Crippen molar-refractivity contribution in [3.8, 4) is 11.4 Å². The number of rotatable bonds is 5. The third-order valence-corrected chi connectivity index (χ3v) is 7.38. The summed E-state index contributed by atoms with van der Waals surface area (Å²) < 4.78 is 37.3. The second kappa shape index (κ2) is 10.5. The number of nitrogens with zero attached hydrogens (tertiary/aromatic N) is 3. The lowest BCUT2D eigenvalue weighted by atomic mass is 10.2. The van der Waals surface area contributed by atoms with Gasteiger partial charge < -0.3 is 4.18 Å². The Balaban J connectivity index is 0.00000164. The third kappa shape index (κ3) is 4.64. The topological polar surface area (TPSA) is 92.3 Å². The van der Waals surface area contributed by atoms with Gasteiger partial charge in [-0.1, -0.05) is 37.6 Å². The van der Waals surface area contributed by atoms with Crippen molar-refractivity contribution < 1.29 is 12.8 Å². The molecule has 2 aromatic carbocycles. The summed E-state index contributed by atoms with van der Waals surface area (Å²) in [4.78, 5) is 40.9. The summed E-state index contributed by atoms with van der Waals surface area (Å²) in [7, 11) is 1.40. The van der Waals surface area contributed by atoms with Gasteiger partial charge in [-0.25, -0.2) is 18.0 Å². The first-order chi connectivity index (χ1) is 18.1. The van der Waals surface area contributed by atoms with E-state index in [0.717, 1.165) is 19.3 Å². The number of aryl methyl sites for hydroxylation is 3. The average Bonchev–Trinajstić information content (AvgIpc) is 3.73. The van der Waals surface area contributed by atoms with Crippen molar-refractivity contribution in [2.24, 2.45) is 7.05 Å². The van der Waals surface area contributed by atoms with Crippen LogP contribution in [-0.2, 0) is 18.1 Å². The van der Waals surface area contributed by atoms with Gasteiger partial charge in [0.25, 0.3) is 11.1 Å². The fourth-order valence-electron chi connectivity index (χ4n) is 4.30. The van der Waals surface area contributed by atoms with Gasteiger partial charge in [-0.2, -0.15) is 0 Å². The fraction of sp³-hybridized carbons (Fsp3) is 0.321. The summed E-state index contributed by atoms with van der Waals surface area (Å²) in [6.45, 7) is 9.06. The molecule has 1 aliphatic carbocycles. The van der Waals surface area contributed by atoms with E-state index in [4.69, 9.17) is 4.18 Å². The number of hydrogen-bond donors (Lipinski definition) is 0. The second-order valence-corrected chi connectivity index (χ2v) is 10.2. The second-order valence-electron chi connectivity index (χ2n) is 9.13. The standard InChI is InChI=1S/C26H24FN3O5S.C2H6/c1-14-5-10-18(11-6-14)36(34)35-22-16(3)24(31)28(4)23-21(22)25(32)29(17-8-9-17)26(33)30(23)20-12-7-15(2)13-19(20)27;1-2/h5-7,10-13,17H,8-9H2,1-4H3;1-2H3. The number of hydrogen-bond acceptors (Lipinski definition) is 5. The molecule has 0 spiro atoms. The Morgan fingerprint density at radius 2 is 1.53 bits per heavy atom. The normalized spacial score (nSPS) is 13.7. The highest BCUT2D eigenvalue weighted by Gasteiger charge is 2.32. The first-order valence-corrected chi connectivity index (χ1v) is 13.5. The molecule has 200 valence electrons. The van der Waals surface area contributed by atoms with Crippen LogP contribution in [0.25, 0.3) is 16.7 Å². The Bertz CT molecular complexity index is 1750. The average molecular weight is 540 g/mol. The zero-order valence-corrected chi connectivity index (χ0v) is 23.0. The molecule has 4 aromatic rings. The maximum absolute atomic E-state index is 15.2. The van der Waals surface area contributed by atoms with Crippen molar-refractivity contribution in [2.75, 3.05) is 0 Å². The van der Waals surface area contributed by atoms with Crippen LogP contribution in [0, 0.1) is 26.6 Å². The van der Waals surface area contributed by atoms with E-state index in [1.807, 2.05) is 20.8 Å². The first-order valence-electron chi connectivity index (χ1n) is 12.4. The van der Waals surface area contributed by atoms with Crippen LogP contribution in [-0.4, -0.2) is 17.9 Å². The highest BCUT2D eigenvalue weighted by atomic mass is 32.2. The molecule has 1 fully saturated rings. The molecule has 0 N–H and O–H groups in total. The van der Waals surface area contributed by atoms with Crippen molar-refractivity contribution in [1.29, 1.82) is 0 Å². The molecular weight excluding hydrogens is 509 g/mol. The third-order valence-electron chi connectivity index (χ3n) is 6.40. The van der Waals surface area contributed by atoms with Gasteiger partial charge in [0, 0.05) is 13.1 Å². The monoisotopic (exact) mass is 539 g/mol. The van der Waals surface area contributed by atoms with E-state index in [1.54, 1.807) is 37.3 Å². The Morgan fingerprint density at radius 1 is 0.921 bits per heavy atom. The summed E-state index contributed by atoms with van der Waals surface area (Å²) in [5.41, 5.74) is -0.556. The maximum atomic E-state index is 15.2. The van der Waals surface area contributed by atoms with Gasteiger partial charge in [0.15, 0.2) is 5.75 Å². The lowest BCUT2D eigenvalue weighted by Gasteiger charge is -2.19. The largest absolute Gasteiger partial charge is 0.395 e. The van der Waals surface area contributed by atoms with E-state index in [9.17, 15) is 18.6 Å². The number of fused-ring (bicyclic) bond motifs is 1. The van der Waals surface area contributed by atoms with Crippen LogP contribution in [0.3, 0.4) is 0 Å². The molecule has 0 radical (unpaired) electrons. The van der Waals surface area contributed by atoms with Crippen LogP contribution >= 0.6 is 0 Å². The van der Waals surface area contributed by atoms with Crippen molar-refractivity contribution in [3.05, 3.63) is 96.2 Å². The SMILES string of the molecule is CC.Cc1ccc(S(=O)Oc2c(C)c(=O)n(C)c3c2c(=O)n(C2CC2)c(=O)n3-c2ccc(C)cc2F)cc1. The van der Waals surface area contributed by atoms with E-state index < -0.39 is 33.7 Å². The molecule has 1 saturated carbocycles. The fourth-order valence-corrected chi connectivity index (χ4v) is 5.12. The van der Waals surface area contributed by atoms with E-state index in [2.05, 4.69) is 0 Å². The van der Waals surface area contributed by atoms with Crippen LogP contribution in [0.15, 0.2) is 61.7 Å². The van der Waals surface area contributed by atoms with Crippen molar-refractivity contribution in [3.63, 3.8) is 0 Å². The molecule has 0 bridgehead atoms. The summed E-state index contributed by atoms with van der Waals surface area (Å²) in [5, 5.41) is -0.110. The lowest BCUT2D eigenvalue weighted by molar-refractivity contribution is 0.555. The van der Waals surface area contributed by atoms with Crippen LogP contribution in [0.5, 0.6) is 5.75 Å². The van der Waals surface area contributed by atoms with Crippen LogP contribution in [0.1, 0.15) is 49.4 Å². The van der Waals surface area contributed by atoms with Gasteiger partial charge in [0.2, 0.25) is 11.1 Å². The lowest BCUT2D eigenvalue weighted by Crippen LogP contribution is -2.42. The minimum Gasteiger partial charge on any atom is -0.395 e. The molecule has 5 rings (SSSR count). The molecule has 1 unspecified atom stereocenters. The van der Waals surface area contributed by atoms with E-state index in [1.165, 1.54) is 26.1 Å². The van der Waals surface area contributed by atoms with Gasteiger partial charge >= 0.3 is 5.69 Å². The first kappa shape index (κ1) is 27.3. The van der Waals surface area contributed by atoms with Crippen LogP contribution < -0.4 is 21.0 Å². The van der Waals surface area contributed by atoms with Crippen molar-refractivity contribution in [2.45, 2.75) is 58.4 Å². The Labute approximate surface area is 221 Å². The Kier molecular flexibility index (Phi) is 7.55. The molecule has 0 amide bonds. The number of benzene rings is 2. The molecule has 38 heavy (non-hydrogen) atoms. The predicted molar refractivity (Wildman–Crippen MR) is 146 cm³/mol. The molecular formula is C28H30FN3O5S. The predicted octanol–water partition coefficient (Wildman–Crippen LogP) is 4.38. The zero-order valence-electron chi connectivity index (χ0n) is 22.2. The molecule has 2 heterocycles. The van der Waals surface area contributed by atoms with Gasteiger partial charge in [-0.3, -0.25) is 18.7 Å². The molecule has 2 aromatic heterocycles. The molecule has 1 aliphatic rings. The summed E-state index contributed by atoms with van der Waals surface area (Å²) in [6.07, 6.45) is 1.24. The van der Waals surface area contributed by atoms with Gasteiger partial charge in [-0.05, 0) is 63.4 Å². The zero-order chi connectivity index (χ0) is 27.9. The molecule has 0 aliphatic heterocycles. The minimum atomic E-state index is -2.06. The van der Waals surface area contributed by atoms with Crippen LogP contribution in [0.4, 0.5) is 4.39 Å². The summed E-state index contributed by atoms with van der Waals surface area (Å²) >= 11 is -2.06. The number of aromatic nitrogens is 3. The summed E-state index contributed by atoms with van der Waals surface area (Å²) in [5.74, 6) is -0.870. The molecule has 10 heteroatoms. The van der Waals surface area contributed by atoms with Crippen molar-refractivity contribution in [1.82, 2.24) is 13.7 Å². The van der Waals surface area contributed by atoms with E-state index >= 15 is 4.39 Å². The van der Waals surface area contributed by atoms with Gasteiger partial charge in [-0.15, -0.1) is 0 Å². The highest BCUT2D eigenvalue weighted by molar-refractivity contribution is 7.80. The molecule has 0 saturated heterocycles. The van der Waals surface area contributed by atoms with E-state index in [-0.39, 0.29) is 34.1 Å². The van der Waals surface area contributed by atoms with Crippen LogP contribution in [0.2, 0.25) is 0 Å². The van der Waals surface area contributed by atoms with Gasteiger partial charge in [0.1, 0.15) is 16.9 Å². The minimum absolute atomic E-state index is 0.0551. The Morgan fingerprint density at radius 3 is 2.11 bits per heavy atom. The molecule has 1 atom stereocenters. The number of halogens is 1. The summed E-state index contributed by atoms with van der Waals surface area (Å²) in [6, 6.07) is 10.8. The maximum Gasteiger partial charge on any atom is 0.337 e. The quantitative estimate of drug-likeness (QED) is 0.375. The highest BCUT2D eigenvalue weighted by Crippen LogP contribution is 2.34. The molecule has 8 nitrogen and oxygen atoms in total.